The second-order valence-corrected chi connectivity index (χ2v) is 13.3. The first-order valence-electron chi connectivity index (χ1n) is 14.5. The van der Waals surface area contributed by atoms with Crippen LogP contribution in [0.4, 0.5) is 13.6 Å². The fraction of sp³-hybridized carbons (Fsp3) is 0.469. The summed E-state index contributed by atoms with van der Waals surface area (Å²) >= 11 is 7.06. The SMILES string of the molecule is Cc1cccc(CN(C(=O)C(CNC(=O)OC(C)(C)C)Cc2cnc(OCCOc3c(F)ccc(F)c3Cl)s2)C2CC2)c1C. The summed E-state index contributed by atoms with van der Waals surface area (Å²) in [5.74, 6) is -2.56. The van der Waals surface area contributed by atoms with Crippen LogP contribution in [0.5, 0.6) is 10.9 Å². The number of benzene rings is 2. The van der Waals surface area contributed by atoms with E-state index in [1.54, 1.807) is 27.0 Å². The Hall–Kier alpha value is -3.44. The van der Waals surface area contributed by atoms with Gasteiger partial charge in [0.2, 0.25) is 5.91 Å². The van der Waals surface area contributed by atoms with Crippen molar-refractivity contribution in [3.8, 4) is 10.9 Å². The van der Waals surface area contributed by atoms with E-state index in [4.69, 9.17) is 25.8 Å². The zero-order chi connectivity index (χ0) is 32.0. The molecule has 1 aliphatic rings. The molecule has 8 nitrogen and oxygen atoms in total. The average Bonchev–Trinajstić information content (AvgIpc) is 3.70. The van der Waals surface area contributed by atoms with Gasteiger partial charge in [0.25, 0.3) is 5.19 Å². The standard InChI is InChI=1S/C32H38ClF2N3O5S/c1-19-7-6-8-21(20(19)2)18-38(23-9-10-23)29(39)22(16-36-30(40)43-32(3,4)5)15-24-17-37-31(44-24)42-14-13-41-28-26(35)12-11-25(34)27(28)33/h6-8,11-12,17,22-23H,9-10,13-16,18H2,1-5H3,(H,36,40). The Morgan fingerprint density at radius 1 is 1.11 bits per heavy atom. The minimum atomic E-state index is -0.784. The Morgan fingerprint density at radius 2 is 1.82 bits per heavy atom. The Balaban J connectivity index is 1.43. The first-order chi connectivity index (χ1) is 20.8. The molecule has 0 aliphatic heterocycles. The van der Waals surface area contributed by atoms with Crippen molar-refractivity contribution >= 4 is 34.9 Å². The lowest BCUT2D eigenvalue weighted by molar-refractivity contribution is -0.136. The highest BCUT2D eigenvalue weighted by Gasteiger charge is 2.36. The summed E-state index contributed by atoms with van der Waals surface area (Å²) in [6.07, 6.45) is 3.24. The highest BCUT2D eigenvalue weighted by molar-refractivity contribution is 7.13. The number of halogens is 3. The van der Waals surface area contributed by atoms with Crippen molar-refractivity contribution < 1.29 is 32.6 Å². The van der Waals surface area contributed by atoms with Crippen LogP contribution in [0.1, 0.15) is 55.2 Å². The molecule has 1 atom stereocenters. The summed E-state index contributed by atoms with van der Waals surface area (Å²) in [6.45, 7) is 9.95. The van der Waals surface area contributed by atoms with E-state index in [0.29, 0.717) is 18.2 Å². The summed E-state index contributed by atoms with van der Waals surface area (Å²) < 4.78 is 43.9. The molecule has 12 heteroatoms. The second-order valence-electron chi connectivity index (χ2n) is 11.8. The highest BCUT2D eigenvalue weighted by Crippen LogP contribution is 2.33. The van der Waals surface area contributed by atoms with Gasteiger partial charge >= 0.3 is 6.09 Å². The van der Waals surface area contributed by atoms with Crippen molar-refractivity contribution in [2.24, 2.45) is 5.92 Å². The van der Waals surface area contributed by atoms with Crippen LogP contribution >= 0.6 is 22.9 Å². The normalized spacial score (nSPS) is 13.7. The van der Waals surface area contributed by atoms with Crippen LogP contribution in [0, 0.1) is 31.4 Å². The number of aromatic nitrogens is 1. The van der Waals surface area contributed by atoms with Gasteiger partial charge in [-0.1, -0.05) is 41.1 Å². The van der Waals surface area contributed by atoms with Crippen LogP contribution < -0.4 is 14.8 Å². The third kappa shape index (κ3) is 9.28. The van der Waals surface area contributed by atoms with Gasteiger partial charge in [0.1, 0.15) is 29.7 Å². The number of thiazole rings is 1. The number of nitrogens with zero attached hydrogens (tertiary/aromatic N) is 2. The van der Waals surface area contributed by atoms with E-state index >= 15 is 0 Å². The maximum absolute atomic E-state index is 14.1. The van der Waals surface area contributed by atoms with E-state index < -0.39 is 34.3 Å². The average molecular weight is 650 g/mol. The lowest BCUT2D eigenvalue weighted by Crippen LogP contribution is -2.44. The van der Waals surface area contributed by atoms with Gasteiger partial charge in [0.05, 0.1) is 5.92 Å². The zero-order valence-electron chi connectivity index (χ0n) is 25.5. The molecule has 1 saturated carbocycles. The minimum absolute atomic E-state index is 0.00704. The van der Waals surface area contributed by atoms with Crippen LogP contribution in [-0.4, -0.2) is 53.3 Å². The molecule has 1 unspecified atom stereocenters. The summed E-state index contributed by atoms with van der Waals surface area (Å²) in [7, 11) is 0. The largest absolute Gasteiger partial charge is 0.485 e. The topological polar surface area (TPSA) is 90.0 Å². The number of hydrogen-bond donors (Lipinski definition) is 1. The smallest absolute Gasteiger partial charge is 0.407 e. The zero-order valence-corrected chi connectivity index (χ0v) is 27.1. The fourth-order valence-corrected chi connectivity index (χ4v) is 5.62. The number of hydrogen-bond acceptors (Lipinski definition) is 7. The molecule has 1 aliphatic carbocycles. The molecule has 1 N–H and O–H groups in total. The molecular weight excluding hydrogens is 612 g/mol. The van der Waals surface area contributed by atoms with Gasteiger partial charge in [-0.15, -0.1) is 0 Å². The van der Waals surface area contributed by atoms with Crippen molar-refractivity contribution in [3.05, 3.63) is 74.8 Å². The number of amides is 2. The van der Waals surface area contributed by atoms with E-state index in [9.17, 15) is 18.4 Å². The number of nitrogens with one attached hydrogen (secondary N) is 1. The number of alkyl carbamates (subject to hydrolysis) is 1. The van der Waals surface area contributed by atoms with Crippen LogP contribution in [-0.2, 0) is 22.5 Å². The summed E-state index contributed by atoms with van der Waals surface area (Å²) in [5.41, 5.74) is 2.75. The van der Waals surface area contributed by atoms with Crippen molar-refractivity contribution in [3.63, 3.8) is 0 Å². The van der Waals surface area contributed by atoms with Gasteiger partial charge in [0, 0.05) is 30.2 Å². The first kappa shape index (κ1) is 33.5. The van der Waals surface area contributed by atoms with Crippen molar-refractivity contribution in [1.82, 2.24) is 15.2 Å². The molecule has 0 radical (unpaired) electrons. The van der Waals surface area contributed by atoms with Gasteiger partial charge in [-0.2, -0.15) is 0 Å². The molecule has 1 aromatic heterocycles. The van der Waals surface area contributed by atoms with Gasteiger partial charge in [-0.05, 0) is 82.7 Å². The molecule has 0 spiro atoms. The molecule has 44 heavy (non-hydrogen) atoms. The van der Waals surface area contributed by atoms with Crippen molar-refractivity contribution in [2.75, 3.05) is 19.8 Å². The molecule has 0 bridgehead atoms. The maximum atomic E-state index is 14.1. The molecule has 2 amide bonds. The predicted octanol–water partition coefficient (Wildman–Crippen LogP) is 7.02. The first-order valence-corrected chi connectivity index (χ1v) is 15.7. The number of rotatable bonds is 13. The molecular formula is C32H38ClF2N3O5S. The van der Waals surface area contributed by atoms with Gasteiger partial charge in [-0.25, -0.2) is 18.6 Å². The minimum Gasteiger partial charge on any atom is -0.485 e. The lowest BCUT2D eigenvalue weighted by atomic mass is 10.00. The van der Waals surface area contributed by atoms with Crippen LogP contribution in [0.25, 0.3) is 0 Å². The van der Waals surface area contributed by atoms with Gasteiger partial charge in [0.15, 0.2) is 11.6 Å². The molecule has 3 aromatic rings. The Labute approximate surface area is 265 Å². The van der Waals surface area contributed by atoms with Crippen LogP contribution in [0.15, 0.2) is 36.5 Å². The van der Waals surface area contributed by atoms with Crippen LogP contribution in [0.3, 0.4) is 0 Å². The van der Waals surface area contributed by atoms with Gasteiger partial charge in [-0.3, -0.25) is 4.79 Å². The summed E-state index contributed by atoms with van der Waals surface area (Å²) in [5, 5.41) is 2.67. The van der Waals surface area contributed by atoms with E-state index in [-0.39, 0.29) is 37.5 Å². The maximum Gasteiger partial charge on any atom is 0.407 e. The van der Waals surface area contributed by atoms with Gasteiger partial charge < -0.3 is 24.4 Å². The van der Waals surface area contributed by atoms with Crippen molar-refractivity contribution in [1.29, 1.82) is 0 Å². The quantitative estimate of drug-likeness (QED) is 0.158. The number of carbonyl (C=O) groups is 2. The lowest BCUT2D eigenvalue weighted by Gasteiger charge is -2.29. The predicted molar refractivity (Wildman–Crippen MR) is 165 cm³/mol. The van der Waals surface area contributed by atoms with Crippen LogP contribution in [0.2, 0.25) is 5.02 Å². The van der Waals surface area contributed by atoms with Crippen molar-refractivity contribution in [2.45, 2.75) is 72.1 Å². The molecule has 0 saturated heterocycles. The Bertz CT molecular complexity index is 1470. The van der Waals surface area contributed by atoms with E-state index in [1.807, 2.05) is 17.0 Å². The third-order valence-electron chi connectivity index (χ3n) is 7.11. The summed E-state index contributed by atoms with van der Waals surface area (Å²) in [4.78, 5) is 33.6. The molecule has 2 aromatic carbocycles. The Kier molecular flexibility index (Phi) is 11.1. The summed E-state index contributed by atoms with van der Waals surface area (Å²) in [6, 6.07) is 8.12. The number of ether oxygens (including phenoxy) is 3. The number of aryl methyl sites for hydroxylation is 1. The molecule has 238 valence electrons. The second kappa shape index (κ2) is 14.6. The molecule has 1 fully saturated rings. The Morgan fingerprint density at radius 3 is 2.52 bits per heavy atom. The van der Waals surface area contributed by atoms with E-state index in [1.165, 1.54) is 16.9 Å². The molecule has 1 heterocycles. The molecule has 4 rings (SSSR count). The number of carbonyl (C=O) groups excluding carboxylic acids is 2. The fourth-order valence-electron chi connectivity index (χ4n) is 4.55. The highest BCUT2D eigenvalue weighted by atomic mass is 35.5. The monoisotopic (exact) mass is 649 g/mol. The van der Waals surface area contributed by atoms with E-state index in [2.05, 4.69) is 30.2 Å². The third-order valence-corrected chi connectivity index (χ3v) is 8.39. The van der Waals surface area contributed by atoms with E-state index in [0.717, 1.165) is 41.0 Å².